The molecule has 2 aromatic carbocycles. The summed E-state index contributed by atoms with van der Waals surface area (Å²) in [6.07, 6.45) is 6.50. The molecule has 4 aromatic rings. The van der Waals surface area contributed by atoms with Gasteiger partial charge < -0.3 is 9.88 Å². The summed E-state index contributed by atoms with van der Waals surface area (Å²) in [4.78, 5) is 19.0. The second-order valence-electron chi connectivity index (χ2n) is 7.12. The number of anilines is 2. The molecular formula is C23H20N4O. The number of hydrogen-bond donors (Lipinski definition) is 1. The second-order valence-corrected chi connectivity index (χ2v) is 7.12. The number of benzene rings is 2. The van der Waals surface area contributed by atoms with Crippen molar-refractivity contribution < 1.29 is 4.79 Å². The van der Waals surface area contributed by atoms with E-state index in [-0.39, 0.29) is 6.03 Å². The maximum Gasteiger partial charge on any atom is 0.326 e. The molecule has 0 bridgehead atoms. The highest BCUT2D eigenvalue weighted by atomic mass is 16.2. The smallest absolute Gasteiger partial charge is 0.326 e. The average molecular weight is 368 g/mol. The van der Waals surface area contributed by atoms with E-state index in [0.717, 1.165) is 34.3 Å². The van der Waals surface area contributed by atoms with Gasteiger partial charge in [-0.05, 0) is 53.9 Å². The molecule has 0 atom stereocenters. The van der Waals surface area contributed by atoms with E-state index in [4.69, 9.17) is 0 Å². The van der Waals surface area contributed by atoms with E-state index in [9.17, 15) is 4.79 Å². The molecule has 1 N–H and O–H groups in total. The Morgan fingerprint density at radius 2 is 1.96 bits per heavy atom. The monoisotopic (exact) mass is 368 g/mol. The first kappa shape index (κ1) is 16.6. The molecule has 1 aliphatic rings. The van der Waals surface area contributed by atoms with Crippen LogP contribution >= 0.6 is 0 Å². The number of pyridine rings is 1. The van der Waals surface area contributed by atoms with Crippen LogP contribution in [0.4, 0.5) is 16.2 Å². The third-order valence-corrected chi connectivity index (χ3v) is 5.34. The Kier molecular flexibility index (Phi) is 3.86. The molecule has 0 saturated heterocycles. The third kappa shape index (κ3) is 2.81. The van der Waals surface area contributed by atoms with Crippen molar-refractivity contribution in [2.45, 2.75) is 6.42 Å². The maximum absolute atomic E-state index is 13.0. The third-order valence-electron chi connectivity index (χ3n) is 5.34. The molecule has 5 rings (SSSR count). The highest BCUT2D eigenvalue weighted by Crippen LogP contribution is 2.33. The van der Waals surface area contributed by atoms with Crippen LogP contribution in [0.15, 0.2) is 73.2 Å². The van der Waals surface area contributed by atoms with Crippen molar-refractivity contribution in [1.29, 1.82) is 0 Å². The number of rotatable bonds is 2. The quantitative estimate of drug-likeness (QED) is 0.551. The van der Waals surface area contributed by atoms with Crippen LogP contribution in [0, 0.1) is 0 Å². The lowest BCUT2D eigenvalue weighted by Gasteiger charge is -2.18. The van der Waals surface area contributed by atoms with Crippen LogP contribution in [0.25, 0.3) is 22.0 Å². The highest BCUT2D eigenvalue weighted by molar-refractivity contribution is 6.05. The van der Waals surface area contributed by atoms with Crippen molar-refractivity contribution in [3.63, 3.8) is 0 Å². The number of urea groups is 1. The number of aromatic nitrogens is 2. The molecule has 0 aliphatic carbocycles. The lowest BCUT2D eigenvalue weighted by atomic mass is 10.1. The Morgan fingerprint density at radius 3 is 2.82 bits per heavy atom. The van der Waals surface area contributed by atoms with Gasteiger partial charge in [0.1, 0.15) is 0 Å². The molecule has 0 fully saturated rings. The van der Waals surface area contributed by atoms with Crippen LogP contribution in [0.2, 0.25) is 0 Å². The van der Waals surface area contributed by atoms with E-state index < -0.39 is 0 Å². The maximum atomic E-state index is 13.0. The second kappa shape index (κ2) is 6.53. The summed E-state index contributed by atoms with van der Waals surface area (Å²) in [7, 11) is 2.05. The summed E-state index contributed by atoms with van der Waals surface area (Å²) >= 11 is 0. The first-order chi connectivity index (χ1) is 13.7. The Labute approximate surface area is 163 Å². The number of aryl methyl sites for hydroxylation is 1. The molecule has 0 saturated carbocycles. The van der Waals surface area contributed by atoms with Crippen molar-refractivity contribution >= 4 is 28.3 Å². The van der Waals surface area contributed by atoms with E-state index in [2.05, 4.69) is 33.1 Å². The van der Waals surface area contributed by atoms with Gasteiger partial charge in [-0.2, -0.15) is 0 Å². The van der Waals surface area contributed by atoms with Crippen molar-refractivity contribution in [1.82, 2.24) is 9.55 Å². The molecule has 1 aliphatic heterocycles. The largest absolute Gasteiger partial charge is 0.351 e. The molecule has 0 spiro atoms. The standard InChI is InChI=1S/C23H20N4O/c1-26-10-7-17-14-22-18(13-21(17)26)8-11-27(22)23(28)25-20-6-2-4-16(12-20)19-5-3-9-24-15-19/h2-7,9-10,12-15H,8,11H2,1H3,(H,25,28). The molecular weight excluding hydrogens is 348 g/mol. The predicted octanol–water partition coefficient (Wildman–Crippen LogP) is 4.83. The van der Waals surface area contributed by atoms with Gasteiger partial charge in [-0.15, -0.1) is 0 Å². The molecule has 0 unspecified atom stereocenters. The van der Waals surface area contributed by atoms with Crippen LogP contribution in [0.5, 0.6) is 0 Å². The van der Waals surface area contributed by atoms with Crippen molar-refractivity contribution in [3.05, 3.63) is 78.8 Å². The Morgan fingerprint density at radius 1 is 1.07 bits per heavy atom. The van der Waals surface area contributed by atoms with Gasteiger partial charge in [0.2, 0.25) is 0 Å². The van der Waals surface area contributed by atoms with Crippen LogP contribution in [0.3, 0.4) is 0 Å². The number of hydrogen-bond acceptors (Lipinski definition) is 2. The molecule has 138 valence electrons. The summed E-state index contributed by atoms with van der Waals surface area (Å²) in [6.45, 7) is 0.694. The minimum atomic E-state index is -0.0997. The Bertz CT molecular complexity index is 1180. The molecule has 2 aromatic heterocycles. The SMILES string of the molecule is Cn1ccc2cc3c(cc21)CCN3C(=O)Nc1cccc(-c2cccnc2)c1. The van der Waals surface area contributed by atoms with Crippen molar-refractivity contribution in [2.75, 3.05) is 16.8 Å². The van der Waals surface area contributed by atoms with Crippen molar-refractivity contribution in [2.24, 2.45) is 7.05 Å². The van der Waals surface area contributed by atoms with Gasteiger partial charge in [-0.25, -0.2) is 4.79 Å². The van der Waals surface area contributed by atoms with Crippen LogP contribution in [-0.2, 0) is 13.5 Å². The van der Waals surface area contributed by atoms with Crippen LogP contribution < -0.4 is 10.2 Å². The zero-order valence-electron chi connectivity index (χ0n) is 15.6. The van der Waals surface area contributed by atoms with Gasteiger partial charge in [0.25, 0.3) is 0 Å². The normalized spacial score (nSPS) is 13.0. The number of nitrogens with one attached hydrogen (secondary N) is 1. The molecule has 5 heteroatoms. The number of carbonyl (C=O) groups excluding carboxylic acids is 1. The fourth-order valence-corrected chi connectivity index (χ4v) is 3.86. The lowest BCUT2D eigenvalue weighted by molar-refractivity contribution is 0.257. The van der Waals surface area contributed by atoms with E-state index in [0.29, 0.717) is 6.54 Å². The van der Waals surface area contributed by atoms with Crippen molar-refractivity contribution in [3.8, 4) is 11.1 Å². The average Bonchev–Trinajstić information content (AvgIpc) is 3.31. The minimum Gasteiger partial charge on any atom is -0.351 e. The fraction of sp³-hybridized carbons (Fsp3) is 0.130. The fourth-order valence-electron chi connectivity index (χ4n) is 3.86. The van der Waals surface area contributed by atoms with Gasteiger partial charge in [0, 0.05) is 60.0 Å². The minimum absolute atomic E-state index is 0.0997. The van der Waals surface area contributed by atoms with E-state index in [1.807, 2.05) is 60.7 Å². The molecule has 28 heavy (non-hydrogen) atoms. The summed E-state index contributed by atoms with van der Waals surface area (Å²) in [5.41, 5.74) is 6.24. The molecule has 2 amide bonds. The van der Waals surface area contributed by atoms with Crippen LogP contribution in [-0.4, -0.2) is 22.1 Å². The first-order valence-electron chi connectivity index (χ1n) is 9.36. The first-order valence-corrected chi connectivity index (χ1v) is 9.36. The summed E-state index contributed by atoms with van der Waals surface area (Å²) in [5.74, 6) is 0. The number of nitrogens with zero attached hydrogens (tertiary/aromatic N) is 3. The Balaban J connectivity index is 1.41. The van der Waals surface area contributed by atoms with E-state index >= 15 is 0 Å². The molecule has 0 radical (unpaired) electrons. The van der Waals surface area contributed by atoms with Gasteiger partial charge in [-0.1, -0.05) is 18.2 Å². The van der Waals surface area contributed by atoms with Gasteiger partial charge in [-0.3, -0.25) is 9.88 Å². The zero-order chi connectivity index (χ0) is 19.1. The van der Waals surface area contributed by atoms with E-state index in [1.54, 1.807) is 6.20 Å². The topological polar surface area (TPSA) is 50.2 Å². The van der Waals surface area contributed by atoms with E-state index in [1.165, 1.54) is 11.1 Å². The highest BCUT2D eigenvalue weighted by Gasteiger charge is 2.25. The summed E-state index contributed by atoms with van der Waals surface area (Å²) in [5, 5.41) is 4.20. The molecule has 5 nitrogen and oxygen atoms in total. The summed E-state index contributed by atoms with van der Waals surface area (Å²) in [6, 6.07) is 18.1. The number of amides is 2. The number of fused-ring (bicyclic) bond motifs is 2. The number of carbonyl (C=O) groups is 1. The van der Waals surface area contributed by atoms with Gasteiger partial charge in [0.05, 0.1) is 0 Å². The van der Waals surface area contributed by atoms with Gasteiger partial charge in [0.15, 0.2) is 0 Å². The predicted molar refractivity (Wildman–Crippen MR) is 113 cm³/mol. The van der Waals surface area contributed by atoms with Gasteiger partial charge >= 0.3 is 6.03 Å². The Hall–Kier alpha value is -3.60. The zero-order valence-corrected chi connectivity index (χ0v) is 15.6. The lowest BCUT2D eigenvalue weighted by Crippen LogP contribution is -2.33. The molecule has 3 heterocycles. The summed E-state index contributed by atoms with van der Waals surface area (Å²) < 4.78 is 2.11. The van der Waals surface area contributed by atoms with Crippen LogP contribution in [0.1, 0.15) is 5.56 Å².